The molecule has 184 valence electrons. The lowest BCUT2D eigenvalue weighted by Crippen LogP contribution is -2.41. The Balaban J connectivity index is 1.28. The number of benzene rings is 2. The third-order valence-electron chi connectivity index (χ3n) is 6.61. The Hall–Kier alpha value is -4.73. The molecule has 9 nitrogen and oxygen atoms in total. The zero-order valence-corrected chi connectivity index (χ0v) is 19.9. The Labute approximate surface area is 210 Å². The first-order chi connectivity index (χ1) is 18.0. The molecule has 0 radical (unpaired) electrons. The molecule has 1 atom stereocenters. The summed E-state index contributed by atoms with van der Waals surface area (Å²) in [6.45, 7) is 2.55. The molecule has 0 saturated carbocycles. The summed E-state index contributed by atoms with van der Waals surface area (Å²) in [5.74, 6) is 0.248. The highest BCUT2D eigenvalue weighted by Crippen LogP contribution is 2.28. The first-order valence-corrected chi connectivity index (χ1v) is 11.9. The van der Waals surface area contributed by atoms with Crippen LogP contribution in [-0.2, 0) is 13.0 Å². The van der Waals surface area contributed by atoms with Crippen molar-refractivity contribution >= 4 is 16.7 Å². The van der Waals surface area contributed by atoms with Gasteiger partial charge in [0.1, 0.15) is 11.5 Å². The Morgan fingerprint density at radius 2 is 1.89 bits per heavy atom. The molecule has 0 spiro atoms. The molecule has 2 aromatic carbocycles. The quantitative estimate of drug-likeness (QED) is 0.409. The van der Waals surface area contributed by atoms with Crippen LogP contribution in [0.15, 0.2) is 71.7 Å². The molecular weight excluding hydrogens is 473 g/mol. The van der Waals surface area contributed by atoms with Crippen LogP contribution in [0.3, 0.4) is 0 Å². The molecule has 0 fully saturated rings. The van der Waals surface area contributed by atoms with Crippen molar-refractivity contribution in [3.63, 3.8) is 0 Å². The van der Waals surface area contributed by atoms with E-state index in [1.807, 2.05) is 41.8 Å². The van der Waals surface area contributed by atoms with Gasteiger partial charge in [-0.15, -0.1) is 10.2 Å². The molecular formula is C27H22FN7O2. The topological polar surface area (TPSA) is 110 Å². The van der Waals surface area contributed by atoms with Crippen molar-refractivity contribution in [3.8, 4) is 11.5 Å². The molecule has 1 N–H and O–H groups in total. The predicted molar refractivity (Wildman–Crippen MR) is 134 cm³/mol. The number of pyridine rings is 1. The molecule has 5 aromatic rings. The first-order valence-electron chi connectivity index (χ1n) is 11.9. The van der Waals surface area contributed by atoms with Gasteiger partial charge in [-0.3, -0.25) is 14.6 Å². The molecule has 4 heterocycles. The molecule has 0 aliphatic carbocycles. The van der Waals surface area contributed by atoms with Crippen LogP contribution in [0.25, 0.3) is 22.3 Å². The van der Waals surface area contributed by atoms with E-state index in [0.717, 1.165) is 5.39 Å². The number of carbonyl (C=O) groups excluding carboxylic acids is 1. The maximum absolute atomic E-state index is 14.9. The predicted octanol–water partition coefficient (Wildman–Crippen LogP) is 3.52. The summed E-state index contributed by atoms with van der Waals surface area (Å²) in [7, 11) is 0. The average Bonchev–Trinajstić information content (AvgIpc) is 3.36. The van der Waals surface area contributed by atoms with Crippen molar-refractivity contribution in [2.75, 3.05) is 6.54 Å². The SMILES string of the molecule is C[C@H]1CN(C(=O)c2cc(Cc3n[nH]c(=O)c4ccccc34)ccc2F)Cc2nnc(-c3ccccn3)n21. The molecule has 0 bridgehead atoms. The lowest BCUT2D eigenvalue weighted by Gasteiger charge is -2.32. The van der Waals surface area contributed by atoms with Crippen molar-refractivity contribution in [2.45, 2.75) is 25.9 Å². The first kappa shape index (κ1) is 22.7. The van der Waals surface area contributed by atoms with Crippen LogP contribution in [0.2, 0.25) is 0 Å². The van der Waals surface area contributed by atoms with Crippen LogP contribution in [0.1, 0.15) is 40.4 Å². The van der Waals surface area contributed by atoms with Gasteiger partial charge in [0.05, 0.1) is 29.2 Å². The number of hydrogen-bond acceptors (Lipinski definition) is 6. The van der Waals surface area contributed by atoms with Crippen LogP contribution >= 0.6 is 0 Å². The second-order valence-corrected chi connectivity index (χ2v) is 9.10. The Morgan fingerprint density at radius 1 is 1.08 bits per heavy atom. The van der Waals surface area contributed by atoms with Gasteiger partial charge in [-0.2, -0.15) is 5.10 Å². The summed E-state index contributed by atoms with van der Waals surface area (Å²) < 4.78 is 16.9. The number of fused-ring (bicyclic) bond motifs is 2. The van der Waals surface area contributed by atoms with Gasteiger partial charge in [-0.1, -0.05) is 30.3 Å². The Kier molecular flexibility index (Phi) is 5.56. The summed E-state index contributed by atoms with van der Waals surface area (Å²) in [4.78, 5) is 31.5. The highest BCUT2D eigenvalue weighted by molar-refractivity contribution is 5.95. The molecule has 3 aromatic heterocycles. The minimum atomic E-state index is -0.595. The van der Waals surface area contributed by atoms with E-state index < -0.39 is 11.7 Å². The van der Waals surface area contributed by atoms with Crippen molar-refractivity contribution in [1.82, 2.24) is 34.8 Å². The second-order valence-electron chi connectivity index (χ2n) is 9.10. The largest absolute Gasteiger partial charge is 0.329 e. The number of halogens is 1. The van der Waals surface area contributed by atoms with Crippen LogP contribution in [0.5, 0.6) is 0 Å². The molecule has 1 aliphatic heterocycles. The summed E-state index contributed by atoms with van der Waals surface area (Å²) in [5.41, 5.74) is 1.76. The van der Waals surface area contributed by atoms with Crippen LogP contribution < -0.4 is 5.56 Å². The number of carbonyl (C=O) groups is 1. The molecule has 1 amide bonds. The highest BCUT2D eigenvalue weighted by Gasteiger charge is 2.31. The maximum atomic E-state index is 14.9. The zero-order chi connectivity index (χ0) is 25.5. The van der Waals surface area contributed by atoms with Crippen LogP contribution in [0.4, 0.5) is 4.39 Å². The van der Waals surface area contributed by atoms with Crippen molar-refractivity contribution in [2.24, 2.45) is 0 Å². The van der Waals surface area contributed by atoms with E-state index in [1.54, 1.807) is 35.4 Å². The van der Waals surface area contributed by atoms with Gasteiger partial charge in [0, 0.05) is 24.5 Å². The zero-order valence-electron chi connectivity index (χ0n) is 19.9. The number of aromatic amines is 1. The summed E-state index contributed by atoms with van der Waals surface area (Å²) >= 11 is 0. The fourth-order valence-electron chi connectivity index (χ4n) is 4.87. The normalized spacial score (nSPS) is 15.1. The monoisotopic (exact) mass is 495 g/mol. The van der Waals surface area contributed by atoms with Gasteiger partial charge in [0.25, 0.3) is 11.5 Å². The minimum Gasteiger partial charge on any atom is -0.329 e. The second kappa shape index (κ2) is 9.05. The van der Waals surface area contributed by atoms with Crippen molar-refractivity contribution in [1.29, 1.82) is 0 Å². The maximum Gasteiger partial charge on any atom is 0.272 e. The van der Waals surface area contributed by atoms with E-state index in [1.165, 1.54) is 6.07 Å². The van der Waals surface area contributed by atoms with Crippen LogP contribution in [-0.4, -0.2) is 47.3 Å². The summed E-state index contributed by atoms with van der Waals surface area (Å²) in [6, 6.07) is 17.1. The number of nitrogens with zero attached hydrogens (tertiary/aromatic N) is 6. The summed E-state index contributed by atoms with van der Waals surface area (Å²) in [6.07, 6.45) is 2.03. The van der Waals surface area contributed by atoms with Gasteiger partial charge < -0.3 is 9.47 Å². The van der Waals surface area contributed by atoms with Crippen molar-refractivity contribution < 1.29 is 9.18 Å². The van der Waals surface area contributed by atoms with E-state index in [-0.39, 0.29) is 23.7 Å². The number of nitrogens with one attached hydrogen (secondary N) is 1. The number of amides is 1. The van der Waals surface area contributed by atoms with Crippen molar-refractivity contribution in [3.05, 3.63) is 106 Å². The standard InChI is InChI=1S/C27H22FN7O2/c1-16-14-34(15-24-31-32-25(35(16)24)22-8-4-5-11-29-22)27(37)20-12-17(9-10-21(20)28)13-23-18-6-2-3-7-19(18)26(36)33-30-23/h2-12,16H,13-15H2,1H3,(H,33,36)/t16-/m0/s1. The van der Waals surface area contributed by atoms with E-state index in [4.69, 9.17) is 0 Å². The van der Waals surface area contributed by atoms with E-state index in [0.29, 0.717) is 47.0 Å². The molecule has 0 saturated heterocycles. The van der Waals surface area contributed by atoms with E-state index in [9.17, 15) is 14.0 Å². The third kappa shape index (κ3) is 4.06. The number of rotatable bonds is 4. The lowest BCUT2D eigenvalue weighted by atomic mass is 10.0. The van der Waals surface area contributed by atoms with E-state index >= 15 is 0 Å². The lowest BCUT2D eigenvalue weighted by molar-refractivity contribution is 0.0677. The number of hydrogen-bond donors (Lipinski definition) is 1. The van der Waals surface area contributed by atoms with Gasteiger partial charge in [0.15, 0.2) is 11.6 Å². The third-order valence-corrected chi connectivity index (χ3v) is 6.61. The molecule has 1 aliphatic rings. The Morgan fingerprint density at radius 3 is 2.70 bits per heavy atom. The average molecular weight is 496 g/mol. The summed E-state index contributed by atoms with van der Waals surface area (Å²) in [5, 5.41) is 16.6. The van der Waals surface area contributed by atoms with Gasteiger partial charge in [0.2, 0.25) is 0 Å². The van der Waals surface area contributed by atoms with Gasteiger partial charge in [-0.25, -0.2) is 9.49 Å². The van der Waals surface area contributed by atoms with E-state index in [2.05, 4.69) is 25.4 Å². The minimum absolute atomic E-state index is 0.0173. The smallest absolute Gasteiger partial charge is 0.272 e. The van der Waals surface area contributed by atoms with Crippen LogP contribution in [0, 0.1) is 5.82 Å². The highest BCUT2D eigenvalue weighted by atomic mass is 19.1. The fourth-order valence-corrected chi connectivity index (χ4v) is 4.87. The molecule has 37 heavy (non-hydrogen) atoms. The van der Waals surface area contributed by atoms with Gasteiger partial charge in [-0.05, 0) is 42.8 Å². The number of H-pyrrole nitrogens is 1. The Bertz CT molecular complexity index is 1700. The fraction of sp³-hybridized carbons (Fsp3) is 0.185. The molecule has 6 rings (SSSR count). The molecule has 10 heteroatoms. The van der Waals surface area contributed by atoms with Gasteiger partial charge >= 0.3 is 0 Å². The molecule has 0 unspecified atom stereocenters. The number of aromatic nitrogens is 6.